The van der Waals surface area contributed by atoms with Crippen LogP contribution < -0.4 is 0 Å². The molecule has 0 unspecified atom stereocenters. The number of nitrogens with zero attached hydrogens (tertiary/aromatic N) is 3. The van der Waals surface area contributed by atoms with E-state index in [-0.39, 0.29) is 5.82 Å². The number of oxazole rings is 1. The van der Waals surface area contributed by atoms with Crippen LogP contribution in [0.3, 0.4) is 0 Å². The van der Waals surface area contributed by atoms with Crippen molar-refractivity contribution in [3.8, 4) is 11.5 Å². The van der Waals surface area contributed by atoms with E-state index in [0.29, 0.717) is 12.4 Å². The van der Waals surface area contributed by atoms with E-state index in [1.54, 1.807) is 29.7 Å². The lowest BCUT2D eigenvalue weighted by Gasteiger charge is -2.12. The molecule has 0 aliphatic carbocycles. The average Bonchev–Trinajstić information content (AvgIpc) is 3.09. The molecule has 3 aromatic rings. The summed E-state index contributed by atoms with van der Waals surface area (Å²) < 4.78 is 18.4. The second kappa shape index (κ2) is 6.37. The number of hydrogen-bond acceptors (Lipinski definition) is 5. The van der Waals surface area contributed by atoms with Crippen molar-refractivity contribution in [1.82, 2.24) is 14.9 Å². The molecule has 0 aliphatic rings. The van der Waals surface area contributed by atoms with Gasteiger partial charge in [-0.1, -0.05) is 0 Å². The molecule has 0 aliphatic heterocycles. The van der Waals surface area contributed by atoms with E-state index in [0.717, 1.165) is 28.5 Å². The van der Waals surface area contributed by atoms with Crippen LogP contribution in [0.1, 0.15) is 16.4 Å². The lowest BCUT2D eigenvalue weighted by Crippen LogP contribution is -2.17. The summed E-state index contributed by atoms with van der Waals surface area (Å²) in [5.74, 6) is 0.238. The topological polar surface area (TPSA) is 42.2 Å². The van der Waals surface area contributed by atoms with Gasteiger partial charge in [0.2, 0.25) is 5.89 Å². The van der Waals surface area contributed by atoms with Crippen LogP contribution in [-0.2, 0) is 13.1 Å². The fourth-order valence-electron chi connectivity index (χ4n) is 2.19. The largest absolute Gasteiger partial charge is 0.444 e. The van der Waals surface area contributed by atoms with Gasteiger partial charge in [-0.25, -0.2) is 14.4 Å². The first-order chi connectivity index (χ1) is 10.6. The van der Waals surface area contributed by atoms with Gasteiger partial charge in [-0.15, -0.1) is 11.3 Å². The molecule has 114 valence electrons. The SMILES string of the molecule is Cc1nc(CN(C)Cc2coc(-c3ccc(F)cc3)n2)cs1. The second-order valence-electron chi connectivity index (χ2n) is 5.18. The highest BCUT2D eigenvalue weighted by Gasteiger charge is 2.10. The van der Waals surface area contributed by atoms with E-state index in [4.69, 9.17) is 4.42 Å². The third-order valence-electron chi connectivity index (χ3n) is 3.17. The second-order valence-corrected chi connectivity index (χ2v) is 6.24. The zero-order chi connectivity index (χ0) is 15.5. The molecule has 0 spiro atoms. The summed E-state index contributed by atoms with van der Waals surface area (Å²) in [7, 11) is 2.01. The monoisotopic (exact) mass is 317 g/mol. The third-order valence-corrected chi connectivity index (χ3v) is 4.00. The molecule has 0 bridgehead atoms. The minimum absolute atomic E-state index is 0.270. The fraction of sp³-hybridized carbons (Fsp3) is 0.250. The zero-order valence-electron chi connectivity index (χ0n) is 12.4. The Hall–Kier alpha value is -2.05. The summed E-state index contributed by atoms with van der Waals surface area (Å²) in [4.78, 5) is 11.0. The van der Waals surface area contributed by atoms with Gasteiger partial charge in [0.1, 0.15) is 12.1 Å². The lowest BCUT2D eigenvalue weighted by molar-refractivity contribution is 0.311. The lowest BCUT2D eigenvalue weighted by atomic mass is 10.2. The molecule has 2 aromatic heterocycles. The summed E-state index contributed by atoms with van der Waals surface area (Å²) >= 11 is 1.65. The zero-order valence-corrected chi connectivity index (χ0v) is 13.2. The van der Waals surface area contributed by atoms with E-state index in [1.165, 1.54) is 12.1 Å². The summed E-state index contributed by atoms with van der Waals surface area (Å²) in [5, 5.41) is 3.14. The van der Waals surface area contributed by atoms with Gasteiger partial charge in [0.05, 0.1) is 16.4 Å². The van der Waals surface area contributed by atoms with Crippen LogP contribution in [0, 0.1) is 12.7 Å². The maximum atomic E-state index is 12.9. The highest BCUT2D eigenvalue weighted by molar-refractivity contribution is 7.09. The van der Waals surface area contributed by atoms with Crippen LogP contribution in [-0.4, -0.2) is 21.9 Å². The van der Waals surface area contributed by atoms with Gasteiger partial charge in [-0.05, 0) is 38.2 Å². The normalized spacial score (nSPS) is 11.3. The first-order valence-electron chi connectivity index (χ1n) is 6.90. The maximum Gasteiger partial charge on any atom is 0.226 e. The summed E-state index contributed by atoms with van der Waals surface area (Å²) in [6, 6.07) is 6.12. The van der Waals surface area contributed by atoms with Crippen LogP contribution in [0.25, 0.3) is 11.5 Å². The Morgan fingerprint density at radius 3 is 2.55 bits per heavy atom. The number of halogens is 1. The van der Waals surface area contributed by atoms with E-state index >= 15 is 0 Å². The number of aryl methyl sites for hydroxylation is 1. The first-order valence-corrected chi connectivity index (χ1v) is 7.78. The number of benzene rings is 1. The van der Waals surface area contributed by atoms with Crippen molar-refractivity contribution in [2.45, 2.75) is 20.0 Å². The van der Waals surface area contributed by atoms with E-state index in [2.05, 4.69) is 20.2 Å². The van der Waals surface area contributed by atoms with Gasteiger partial charge < -0.3 is 4.42 Å². The number of aromatic nitrogens is 2. The molecule has 1 aromatic carbocycles. The molecule has 2 heterocycles. The molecule has 0 saturated heterocycles. The highest BCUT2D eigenvalue weighted by Crippen LogP contribution is 2.20. The predicted molar refractivity (Wildman–Crippen MR) is 83.9 cm³/mol. The molecule has 3 rings (SSSR count). The molecule has 0 fully saturated rings. The van der Waals surface area contributed by atoms with Crippen LogP contribution in [0.4, 0.5) is 4.39 Å². The quantitative estimate of drug-likeness (QED) is 0.716. The molecule has 0 atom stereocenters. The van der Waals surface area contributed by atoms with Crippen molar-refractivity contribution in [3.63, 3.8) is 0 Å². The highest BCUT2D eigenvalue weighted by atomic mass is 32.1. The Bertz CT molecular complexity index is 751. The van der Waals surface area contributed by atoms with Gasteiger partial charge >= 0.3 is 0 Å². The smallest absolute Gasteiger partial charge is 0.226 e. The van der Waals surface area contributed by atoms with Crippen molar-refractivity contribution in [2.24, 2.45) is 0 Å². The van der Waals surface area contributed by atoms with Crippen molar-refractivity contribution in [3.05, 3.63) is 58.1 Å². The van der Waals surface area contributed by atoms with Crippen molar-refractivity contribution in [1.29, 1.82) is 0 Å². The molecule has 22 heavy (non-hydrogen) atoms. The molecule has 0 amide bonds. The van der Waals surface area contributed by atoms with Crippen LogP contribution in [0.2, 0.25) is 0 Å². The Kier molecular flexibility index (Phi) is 4.31. The van der Waals surface area contributed by atoms with E-state index < -0.39 is 0 Å². The molecule has 4 nitrogen and oxygen atoms in total. The Morgan fingerprint density at radius 1 is 1.14 bits per heavy atom. The average molecular weight is 317 g/mol. The van der Waals surface area contributed by atoms with Gasteiger partial charge in [-0.3, -0.25) is 4.90 Å². The maximum absolute atomic E-state index is 12.9. The van der Waals surface area contributed by atoms with Crippen molar-refractivity contribution < 1.29 is 8.81 Å². The van der Waals surface area contributed by atoms with Gasteiger partial charge in [-0.2, -0.15) is 0 Å². The summed E-state index contributed by atoms with van der Waals surface area (Å²) in [6.45, 7) is 3.44. The van der Waals surface area contributed by atoms with Gasteiger partial charge in [0.15, 0.2) is 0 Å². The van der Waals surface area contributed by atoms with Crippen molar-refractivity contribution >= 4 is 11.3 Å². The summed E-state index contributed by atoms with van der Waals surface area (Å²) in [6.07, 6.45) is 1.64. The van der Waals surface area contributed by atoms with Crippen LogP contribution >= 0.6 is 11.3 Å². The molecule has 6 heteroatoms. The molecule has 0 radical (unpaired) electrons. The number of hydrogen-bond donors (Lipinski definition) is 0. The Labute approximate surface area is 132 Å². The molecule has 0 saturated carbocycles. The van der Waals surface area contributed by atoms with Gasteiger partial charge in [0, 0.05) is 24.0 Å². The van der Waals surface area contributed by atoms with E-state index in [1.807, 2.05) is 14.0 Å². The van der Waals surface area contributed by atoms with E-state index in [9.17, 15) is 4.39 Å². The molecular weight excluding hydrogens is 301 g/mol. The van der Waals surface area contributed by atoms with Crippen molar-refractivity contribution in [2.75, 3.05) is 7.05 Å². The number of rotatable bonds is 5. The fourth-order valence-corrected chi connectivity index (χ4v) is 2.80. The third kappa shape index (κ3) is 3.58. The minimum Gasteiger partial charge on any atom is -0.444 e. The van der Waals surface area contributed by atoms with Crippen LogP contribution in [0.5, 0.6) is 0 Å². The Morgan fingerprint density at radius 2 is 1.86 bits per heavy atom. The molecular formula is C16H16FN3OS. The standard InChI is InChI=1S/C16H16FN3OS/c1-11-18-15(10-22-11)8-20(2)7-14-9-21-16(19-14)12-3-5-13(17)6-4-12/h3-6,9-10H,7-8H2,1-2H3. The summed E-state index contributed by atoms with van der Waals surface area (Å²) in [5.41, 5.74) is 2.67. The minimum atomic E-state index is -0.270. The predicted octanol–water partition coefficient (Wildman–Crippen LogP) is 3.88. The van der Waals surface area contributed by atoms with Crippen LogP contribution in [0.15, 0.2) is 40.3 Å². The first kappa shape index (κ1) is 14.9. The Balaban J connectivity index is 1.65. The van der Waals surface area contributed by atoms with Gasteiger partial charge in [0.25, 0.3) is 0 Å². The number of thiazole rings is 1. The molecule has 0 N–H and O–H groups in total.